The van der Waals surface area contributed by atoms with Gasteiger partial charge in [-0.2, -0.15) is 0 Å². The van der Waals surface area contributed by atoms with Gasteiger partial charge in [0.15, 0.2) is 0 Å². The Morgan fingerprint density at radius 3 is 2.60 bits per heavy atom. The lowest BCUT2D eigenvalue weighted by Gasteiger charge is -2.21. The average molecular weight is 228 g/mol. The first-order valence-electron chi connectivity index (χ1n) is 4.98. The molecule has 1 aromatic rings. The number of benzene rings is 1. The molecule has 3 heteroatoms. The van der Waals surface area contributed by atoms with Gasteiger partial charge in [-0.05, 0) is 37.5 Å². The fraction of sp³-hybridized carbons (Fsp3) is 0.500. The monoisotopic (exact) mass is 227 g/mol. The van der Waals surface area contributed by atoms with E-state index in [0.29, 0.717) is 6.61 Å². The molecule has 0 aromatic heterocycles. The molecule has 0 amide bonds. The highest BCUT2D eigenvalue weighted by molar-refractivity contribution is 6.31. The second-order valence-corrected chi connectivity index (χ2v) is 4.88. The van der Waals surface area contributed by atoms with Crippen molar-refractivity contribution < 1.29 is 4.74 Å². The Morgan fingerprint density at radius 1 is 1.40 bits per heavy atom. The van der Waals surface area contributed by atoms with Crippen molar-refractivity contribution in [1.82, 2.24) is 0 Å². The summed E-state index contributed by atoms with van der Waals surface area (Å²) in [7, 11) is 1.68. The van der Waals surface area contributed by atoms with Gasteiger partial charge in [0.05, 0.1) is 6.61 Å². The molecule has 2 nitrogen and oxygen atoms in total. The topological polar surface area (TPSA) is 35.2 Å². The largest absolute Gasteiger partial charge is 0.380 e. The third-order valence-corrected chi connectivity index (χ3v) is 2.50. The van der Waals surface area contributed by atoms with Crippen LogP contribution in [0.4, 0.5) is 0 Å². The third kappa shape index (κ3) is 3.82. The van der Waals surface area contributed by atoms with E-state index in [0.717, 1.165) is 22.6 Å². The molecule has 0 aliphatic rings. The molecule has 0 unspecified atom stereocenters. The molecule has 1 rings (SSSR count). The Hall–Kier alpha value is -0.570. The summed E-state index contributed by atoms with van der Waals surface area (Å²) in [6.07, 6.45) is 0.755. The van der Waals surface area contributed by atoms with Crippen LogP contribution in [0.3, 0.4) is 0 Å². The van der Waals surface area contributed by atoms with E-state index in [1.807, 2.05) is 32.0 Å². The lowest BCUT2D eigenvalue weighted by atomic mass is 9.93. The highest BCUT2D eigenvalue weighted by Crippen LogP contribution is 2.24. The van der Waals surface area contributed by atoms with Crippen LogP contribution in [0.5, 0.6) is 0 Å². The minimum absolute atomic E-state index is 0.256. The van der Waals surface area contributed by atoms with E-state index in [1.165, 1.54) is 0 Å². The molecule has 0 bridgehead atoms. The minimum atomic E-state index is -0.256. The number of rotatable bonds is 4. The van der Waals surface area contributed by atoms with Crippen molar-refractivity contribution in [3.05, 3.63) is 34.3 Å². The summed E-state index contributed by atoms with van der Waals surface area (Å²) in [5.74, 6) is 0. The first-order valence-corrected chi connectivity index (χ1v) is 5.36. The normalized spacial score (nSPS) is 11.8. The zero-order valence-electron chi connectivity index (χ0n) is 9.51. The molecule has 0 spiro atoms. The first kappa shape index (κ1) is 12.5. The molecule has 0 heterocycles. The summed E-state index contributed by atoms with van der Waals surface area (Å²) >= 11 is 6.16. The van der Waals surface area contributed by atoms with Crippen molar-refractivity contribution >= 4 is 11.6 Å². The maximum absolute atomic E-state index is 6.16. The zero-order valence-corrected chi connectivity index (χ0v) is 10.3. The van der Waals surface area contributed by atoms with Crippen molar-refractivity contribution in [3.8, 4) is 0 Å². The summed E-state index contributed by atoms with van der Waals surface area (Å²) in [6.45, 7) is 4.56. The molecule has 0 aliphatic heterocycles. The molecule has 0 saturated heterocycles. The zero-order chi connectivity index (χ0) is 11.5. The number of halogens is 1. The van der Waals surface area contributed by atoms with Gasteiger partial charge in [0.1, 0.15) is 0 Å². The van der Waals surface area contributed by atoms with E-state index >= 15 is 0 Å². The summed E-state index contributed by atoms with van der Waals surface area (Å²) in [5, 5.41) is 0.767. The van der Waals surface area contributed by atoms with Gasteiger partial charge in [-0.25, -0.2) is 0 Å². The van der Waals surface area contributed by atoms with Crippen molar-refractivity contribution in [3.63, 3.8) is 0 Å². The minimum Gasteiger partial charge on any atom is -0.380 e. The van der Waals surface area contributed by atoms with Crippen LogP contribution in [0.15, 0.2) is 18.2 Å². The Bertz CT molecular complexity index is 331. The third-order valence-electron chi connectivity index (χ3n) is 2.15. The van der Waals surface area contributed by atoms with Gasteiger partial charge in [-0.15, -0.1) is 0 Å². The average Bonchev–Trinajstić information content (AvgIpc) is 2.10. The van der Waals surface area contributed by atoms with Crippen molar-refractivity contribution in [2.45, 2.75) is 32.4 Å². The van der Waals surface area contributed by atoms with Crippen LogP contribution in [0.1, 0.15) is 25.0 Å². The van der Waals surface area contributed by atoms with E-state index in [9.17, 15) is 0 Å². The molecule has 0 fully saturated rings. The number of ether oxygens (including phenoxy) is 1. The molecular weight excluding hydrogens is 210 g/mol. The summed E-state index contributed by atoms with van der Waals surface area (Å²) < 4.78 is 5.14. The second kappa shape index (κ2) is 4.97. The van der Waals surface area contributed by atoms with Crippen LogP contribution >= 0.6 is 11.6 Å². The quantitative estimate of drug-likeness (QED) is 0.859. The van der Waals surface area contributed by atoms with E-state index in [-0.39, 0.29) is 5.54 Å². The molecule has 0 aliphatic carbocycles. The van der Waals surface area contributed by atoms with Gasteiger partial charge in [0, 0.05) is 17.7 Å². The number of hydrogen-bond donors (Lipinski definition) is 1. The summed E-state index contributed by atoms with van der Waals surface area (Å²) in [6, 6.07) is 5.85. The van der Waals surface area contributed by atoms with Crippen LogP contribution in [-0.2, 0) is 17.8 Å². The van der Waals surface area contributed by atoms with Crippen molar-refractivity contribution in [2.24, 2.45) is 5.73 Å². The van der Waals surface area contributed by atoms with E-state index in [4.69, 9.17) is 22.1 Å². The van der Waals surface area contributed by atoms with Crippen molar-refractivity contribution in [1.29, 1.82) is 0 Å². The highest BCUT2D eigenvalue weighted by Gasteiger charge is 2.16. The number of hydrogen-bond acceptors (Lipinski definition) is 2. The smallest absolute Gasteiger partial charge is 0.0716 e. The Morgan fingerprint density at radius 2 is 2.07 bits per heavy atom. The summed E-state index contributed by atoms with van der Waals surface area (Å²) in [4.78, 5) is 0. The van der Waals surface area contributed by atoms with Gasteiger partial charge in [-0.1, -0.05) is 23.7 Å². The van der Waals surface area contributed by atoms with Gasteiger partial charge >= 0.3 is 0 Å². The predicted octanol–water partition coefficient (Wildman–Crippen LogP) is 2.77. The molecule has 84 valence electrons. The van der Waals surface area contributed by atoms with Crippen LogP contribution in [0.2, 0.25) is 5.02 Å². The maximum Gasteiger partial charge on any atom is 0.0716 e. The lowest BCUT2D eigenvalue weighted by molar-refractivity contribution is 0.184. The SMILES string of the molecule is COCc1cccc(Cl)c1CC(C)(C)N. The predicted molar refractivity (Wildman–Crippen MR) is 64.1 cm³/mol. The van der Waals surface area contributed by atoms with Gasteiger partial charge < -0.3 is 10.5 Å². The van der Waals surface area contributed by atoms with Crippen LogP contribution in [-0.4, -0.2) is 12.6 Å². The highest BCUT2D eigenvalue weighted by atomic mass is 35.5. The molecule has 0 radical (unpaired) electrons. The molecule has 1 aromatic carbocycles. The van der Waals surface area contributed by atoms with E-state index in [1.54, 1.807) is 7.11 Å². The molecular formula is C12H18ClNO. The number of nitrogens with two attached hydrogens (primary N) is 1. The second-order valence-electron chi connectivity index (χ2n) is 4.48. The fourth-order valence-electron chi connectivity index (χ4n) is 1.55. The Labute approximate surface area is 96.4 Å². The van der Waals surface area contributed by atoms with E-state index in [2.05, 4.69) is 0 Å². The van der Waals surface area contributed by atoms with Crippen LogP contribution in [0, 0.1) is 0 Å². The Kier molecular flexibility index (Phi) is 4.14. The van der Waals surface area contributed by atoms with Crippen molar-refractivity contribution in [2.75, 3.05) is 7.11 Å². The molecule has 0 saturated carbocycles. The van der Waals surface area contributed by atoms with E-state index < -0.39 is 0 Å². The fourth-order valence-corrected chi connectivity index (χ4v) is 1.81. The van der Waals surface area contributed by atoms with Gasteiger partial charge in [-0.3, -0.25) is 0 Å². The first-order chi connectivity index (χ1) is 6.94. The molecule has 0 atom stereocenters. The summed E-state index contributed by atoms with van der Waals surface area (Å²) in [5.41, 5.74) is 7.95. The van der Waals surface area contributed by atoms with Crippen LogP contribution < -0.4 is 5.73 Å². The Balaban J connectivity index is 3.02. The maximum atomic E-state index is 6.16. The van der Waals surface area contributed by atoms with Gasteiger partial charge in [0.2, 0.25) is 0 Å². The molecule has 15 heavy (non-hydrogen) atoms. The number of methoxy groups -OCH3 is 1. The lowest BCUT2D eigenvalue weighted by Crippen LogP contribution is -2.34. The van der Waals surface area contributed by atoms with Crippen LogP contribution in [0.25, 0.3) is 0 Å². The molecule has 2 N–H and O–H groups in total. The van der Waals surface area contributed by atoms with Gasteiger partial charge in [0.25, 0.3) is 0 Å². The standard InChI is InChI=1S/C12H18ClNO/c1-12(2,14)7-10-9(8-15-3)5-4-6-11(10)13/h4-6H,7-8,14H2,1-3H3.